The molecule has 2 aliphatic heterocycles. The van der Waals surface area contributed by atoms with Crippen molar-refractivity contribution in [2.24, 2.45) is 0 Å². The number of nitrogens with zero attached hydrogens (tertiary/aromatic N) is 2. The number of rotatable bonds is 15. The number of hydrogen-bond donors (Lipinski definition) is 6. The van der Waals surface area contributed by atoms with Crippen molar-refractivity contribution in [3.05, 3.63) is 95.7 Å². The van der Waals surface area contributed by atoms with Gasteiger partial charge in [0.1, 0.15) is 16.8 Å². The van der Waals surface area contributed by atoms with Gasteiger partial charge in [0.2, 0.25) is 5.69 Å². The Hall–Kier alpha value is -4.45. The maximum absolute atomic E-state index is 12.6. The third kappa shape index (κ3) is 9.98. The third-order valence-electron chi connectivity index (χ3n) is 11.5. The molecule has 0 spiro atoms. The second kappa shape index (κ2) is 16.7. The molecule has 26 heteroatoms. The summed E-state index contributed by atoms with van der Waals surface area (Å²) >= 11 is 0. The average molecular weight is 1020 g/mol. The lowest BCUT2D eigenvalue weighted by Gasteiger charge is -2.31. The first-order chi connectivity index (χ1) is 29.6. The van der Waals surface area contributed by atoms with Gasteiger partial charge in [0.05, 0.1) is 26.7 Å². The molecule has 0 aromatic heterocycles. The summed E-state index contributed by atoms with van der Waals surface area (Å²) in [6, 6.07) is 8.96. The molecular formula is C39H43N2O18S6+. The van der Waals surface area contributed by atoms with Gasteiger partial charge < -0.3 is 4.90 Å². The van der Waals surface area contributed by atoms with E-state index in [1.165, 1.54) is 18.2 Å². The molecule has 6 rings (SSSR count). The molecule has 2 aliphatic rings. The Morgan fingerprint density at radius 3 is 1.57 bits per heavy atom. The van der Waals surface area contributed by atoms with Crippen molar-refractivity contribution in [1.29, 1.82) is 0 Å². The highest BCUT2D eigenvalue weighted by Gasteiger charge is 2.46. The van der Waals surface area contributed by atoms with Crippen LogP contribution in [-0.4, -0.2) is 113 Å². The van der Waals surface area contributed by atoms with E-state index in [0.717, 1.165) is 12.1 Å². The Balaban J connectivity index is 1.51. The normalized spacial score (nSPS) is 19.1. The molecule has 352 valence electrons. The Morgan fingerprint density at radius 1 is 0.585 bits per heavy atom. The molecule has 6 N–H and O–H groups in total. The van der Waals surface area contributed by atoms with Crippen LogP contribution in [0.3, 0.4) is 0 Å². The van der Waals surface area contributed by atoms with E-state index in [9.17, 15) is 77.8 Å². The Labute approximate surface area is 375 Å². The van der Waals surface area contributed by atoms with Crippen molar-refractivity contribution in [2.75, 3.05) is 30.0 Å². The predicted octanol–water partition coefficient (Wildman–Crippen LogP) is 4.71. The van der Waals surface area contributed by atoms with Crippen LogP contribution < -0.4 is 4.90 Å². The fourth-order valence-corrected chi connectivity index (χ4v) is 12.6. The van der Waals surface area contributed by atoms with Gasteiger partial charge in [-0.15, -0.1) is 0 Å². The summed E-state index contributed by atoms with van der Waals surface area (Å²) in [5.74, 6) is -1.44. The lowest BCUT2D eigenvalue weighted by molar-refractivity contribution is -0.401. The molecule has 1 atom stereocenters. The van der Waals surface area contributed by atoms with Gasteiger partial charge in [-0.3, -0.25) is 27.3 Å². The first-order valence-corrected chi connectivity index (χ1v) is 28.0. The maximum Gasteiger partial charge on any atom is 0.295 e. The zero-order valence-electron chi connectivity index (χ0n) is 34.7. The maximum atomic E-state index is 12.6. The highest BCUT2D eigenvalue weighted by Crippen LogP contribution is 2.54. The number of hydrogen-bond acceptors (Lipinski definition) is 13. The molecule has 2 heterocycles. The van der Waals surface area contributed by atoms with Crippen molar-refractivity contribution in [2.45, 2.75) is 70.4 Å². The molecule has 0 saturated heterocycles. The number of fused-ring (bicyclic) bond motifs is 6. The van der Waals surface area contributed by atoms with E-state index < -0.39 is 103 Å². The number of benzene rings is 4. The summed E-state index contributed by atoms with van der Waals surface area (Å²) in [5, 5.41) is -0.177. The minimum absolute atomic E-state index is 0.00795. The van der Waals surface area contributed by atoms with Crippen LogP contribution in [0.5, 0.6) is 0 Å². The molecule has 20 nitrogen and oxygen atoms in total. The lowest BCUT2D eigenvalue weighted by Crippen LogP contribution is -2.30. The summed E-state index contributed by atoms with van der Waals surface area (Å²) < 4.78 is 208. The second-order valence-electron chi connectivity index (χ2n) is 16.2. The van der Waals surface area contributed by atoms with Gasteiger partial charge in [0.15, 0.2) is 5.71 Å². The van der Waals surface area contributed by atoms with E-state index in [1.807, 2.05) is 0 Å². The molecule has 0 amide bonds. The molecule has 0 radical (unpaired) electrons. The number of anilines is 1. The molecule has 4 aromatic carbocycles. The summed E-state index contributed by atoms with van der Waals surface area (Å²) in [5.41, 5.74) is -0.0103. The molecular weight excluding hydrogens is 977 g/mol. The molecule has 0 fully saturated rings. The van der Waals surface area contributed by atoms with Crippen LogP contribution in [0.25, 0.3) is 21.5 Å². The summed E-state index contributed by atoms with van der Waals surface area (Å²) in [6.07, 6.45) is 7.45. The average Bonchev–Trinajstić information content (AvgIpc) is 3.49. The Bertz CT molecular complexity index is 3540. The van der Waals surface area contributed by atoms with Crippen LogP contribution >= 0.6 is 0 Å². The van der Waals surface area contributed by atoms with Crippen molar-refractivity contribution in [3.63, 3.8) is 0 Å². The number of allylic oxidation sites excluding steroid dienone is 6. The van der Waals surface area contributed by atoms with Crippen LogP contribution in [0.15, 0.2) is 104 Å². The molecule has 4 aromatic rings. The first kappa shape index (κ1) is 50.0. The zero-order chi connectivity index (χ0) is 48.7. The molecule has 1 unspecified atom stereocenters. The SMILES string of the molecule is C[N+]1=C(/C=C/C=C/C=C2/N(CCCS(=O)(=O)O)c3ccc4c(S(=O)(=O)O)cc(S(=O)(=O)O)cc4c3C2(C)CCCS(=O)(=O)O)C(C)(C)c2c1ccc1c(S(=O)(=O)O)cc(S(=O)(=O)O)cc21. The Kier molecular flexibility index (Phi) is 12.8. The minimum Gasteiger partial charge on any atom is -0.344 e. The van der Waals surface area contributed by atoms with E-state index in [2.05, 4.69) is 0 Å². The fraction of sp³-hybridized carbons (Fsp3) is 0.308. The van der Waals surface area contributed by atoms with E-state index in [0.29, 0.717) is 34.8 Å². The summed E-state index contributed by atoms with van der Waals surface area (Å²) in [7, 11) is -27.5. The zero-order valence-corrected chi connectivity index (χ0v) is 39.6. The van der Waals surface area contributed by atoms with Crippen molar-refractivity contribution >= 4 is 99.3 Å². The summed E-state index contributed by atoms with van der Waals surface area (Å²) in [4.78, 5) is -1.68. The van der Waals surface area contributed by atoms with E-state index in [1.54, 1.807) is 73.7 Å². The van der Waals surface area contributed by atoms with Gasteiger partial charge in [-0.1, -0.05) is 24.3 Å². The smallest absolute Gasteiger partial charge is 0.295 e. The minimum atomic E-state index is -5.15. The quantitative estimate of drug-likeness (QED) is 0.0533. The molecule has 0 aliphatic carbocycles. The van der Waals surface area contributed by atoms with Gasteiger partial charge in [-0.25, -0.2) is 0 Å². The van der Waals surface area contributed by atoms with Crippen molar-refractivity contribution in [1.82, 2.24) is 0 Å². The van der Waals surface area contributed by atoms with Crippen LogP contribution in [0.2, 0.25) is 0 Å². The topological polar surface area (TPSA) is 332 Å². The van der Waals surface area contributed by atoms with E-state index >= 15 is 0 Å². The first-order valence-electron chi connectivity index (χ1n) is 19.0. The molecule has 0 bridgehead atoms. The highest BCUT2D eigenvalue weighted by molar-refractivity contribution is 7.87. The van der Waals surface area contributed by atoms with E-state index in [-0.39, 0.29) is 58.6 Å². The lowest BCUT2D eigenvalue weighted by atomic mass is 9.75. The van der Waals surface area contributed by atoms with Gasteiger partial charge in [0, 0.05) is 51.8 Å². The largest absolute Gasteiger partial charge is 0.344 e. The second-order valence-corrected chi connectivity index (χ2v) is 25.0. The van der Waals surface area contributed by atoms with E-state index in [4.69, 9.17) is 0 Å². The van der Waals surface area contributed by atoms with Crippen LogP contribution in [-0.2, 0) is 71.5 Å². The van der Waals surface area contributed by atoms with Gasteiger partial charge in [0.25, 0.3) is 60.7 Å². The highest BCUT2D eigenvalue weighted by atomic mass is 32.2. The fourth-order valence-electron chi connectivity index (χ4n) is 8.88. The van der Waals surface area contributed by atoms with Crippen LogP contribution in [0.1, 0.15) is 51.2 Å². The molecule has 65 heavy (non-hydrogen) atoms. The van der Waals surface area contributed by atoms with Crippen LogP contribution in [0.4, 0.5) is 11.4 Å². The molecule has 0 saturated carbocycles. The monoisotopic (exact) mass is 1020 g/mol. The van der Waals surface area contributed by atoms with Gasteiger partial charge in [-0.2, -0.15) is 55.1 Å². The standard InChI is InChI=1S/C39H42N2O18S6/c1-38(2)34(40(4)30-14-12-26-28(36(30)38)20-24(62(48,49)50)22-32(26)64(54,55)56)10-6-5-7-11-35-39(3,16-8-18-60(42,43)44)37-29-21-25(63(51,52)53)23-33(65(57,58)59)27(29)13-15-31(37)41(35)17-9-19-61(45,46)47/h5-7,10-15,20-23H,8-9,16-19H2,1-4H3,(H5-,42,43,44,45,46,47,48,49,50,51,52,53,54,55,56,57,58,59)/p+1. The Morgan fingerprint density at radius 2 is 1.08 bits per heavy atom. The van der Waals surface area contributed by atoms with Crippen LogP contribution in [0, 0.1) is 0 Å². The predicted molar refractivity (Wildman–Crippen MR) is 239 cm³/mol. The van der Waals surface area contributed by atoms with Crippen molar-refractivity contribution in [3.8, 4) is 0 Å². The third-order valence-corrected chi connectivity index (χ3v) is 16.6. The van der Waals surface area contributed by atoms with Gasteiger partial charge >= 0.3 is 0 Å². The van der Waals surface area contributed by atoms with Gasteiger partial charge in [-0.05, 0) is 98.8 Å². The van der Waals surface area contributed by atoms with Crippen molar-refractivity contribution < 1.29 is 82.4 Å². The summed E-state index contributed by atoms with van der Waals surface area (Å²) in [6.45, 7) is 5.02.